The molecule has 12 nitrogen and oxygen atoms in total. The van der Waals surface area contributed by atoms with Gasteiger partial charge in [0.15, 0.2) is 5.71 Å². The predicted octanol–water partition coefficient (Wildman–Crippen LogP) is 4.20. The van der Waals surface area contributed by atoms with Crippen molar-refractivity contribution in [2.24, 2.45) is 0 Å². The Labute approximate surface area is 224 Å². The number of rotatable bonds is 14. The fourth-order valence-electron chi connectivity index (χ4n) is 5.03. The summed E-state index contributed by atoms with van der Waals surface area (Å²) in [5.74, 6) is -1.31. The van der Waals surface area contributed by atoms with Gasteiger partial charge >= 0.3 is 5.97 Å². The topological polar surface area (TPSA) is 188 Å². The lowest BCUT2D eigenvalue weighted by Gasteiger charge is -2.24. The molecule has 0 amide bonds. The van der Waals surface area contributed by atoms with Gasteiger partial charge in [0, 0.05) is 36.3 Å². The van der Waals surface area contributed by atoms with Crippen LogP contribution in [0.1, 0.15) is 57.9 Å². The summed E-state index contributed by atoms with van der Waals surface area (Å²) in [6.07, 6.45) is 2.57. The second-order valence-corrected chi connectivity index (χ2v) is 13.1. The first-order valence-electron chi connectivity index (χ1n) is 11.7. The number of aliphatic carboxylic acids is 1. The molecular formula is C23H30NO11S3+. The molecule has 0 aromatic heterocycles. The molecule has 1 heterocycles. The first kappa shape index (κ1) is 30.4. The molecule has 210 valence electrons. The van der Waals surface area contributed by atoms with Crippen LogP contribution in [0, 0.1) is 0 Å². The van der Waals surface area contributed by atoms with Gasteiger partial charge < -0.3 is 5.11 Å². The van der Waals surface area contributed by atoms with Crippen LogP contribution < -0.4 is 0 Å². The fourth-order valence-corrected chi connectivity index (χ4v) is 6.68. The first-order valence-corrected chi connectivity index (χ1v) is 15.5. The normalized spacial score (nSPS) is 17.8. The molecule has 0 saturated heterocycles. The highest BCUT2D eigenvalue weighted by Gasteiger charge is 2.47. The van der Waals surface area contributed by atoms with Crippen molar-refractivity contribution in [1.29, 1.82) is 0 Å². The van der Waals surface area contributed by atoms with Crippen LogP contribution in [-0.4, -0.2) is 64.9 Å². The smallest absolute Gasteiger partial charge is 0.303 e. The molecule has 1 aliphatic heterocycles. The van der Waals surface area contributed by atoms with E-state index in [1.807, 2.05) is 18.4 Å². The van der Waals surface area contributed by atoms with E-state index in [1.54, 1.807) is 12.1 Å². The Morgan fingerprint density at radius 3 is 2.37 bits per heavy atom. The highest BCUT2D eigenvalue weighted by Crippen LogP contribution is 2.48. The van der Waals surface area contributed by atoms with Gasteiger partial charge in [0.25, 0.3) is 20.2 Å². The van der Waals surface area contributed by atoms with E-state index in [2.05, 4.69) is 9.37 Å². The average molecular weight is 593 g/mol. The second-order valence-electron chi connectivity index (χ2n) is 9.34. The molecule has 38 heavy (non-hydrogen) atoms. The molecule has 1 atom stereocenters. The van der Waals surface area contributed by atoms with Crippen LogP contribution in [0.2, 0.25) is 0 Å². The number of carboxylic acids is 1. The van der Waals surface area contributed by atoms with Crippen LogP contribution in [0.3, 0.4) is 0 Å². The quantitative estimate of drug-likeness (QED) is 0.0612. The molecule has 15 heteroatoms. The maximum atomic E-state index is 12.1. The third-order valence-electron chi connectivity index (χ3n) is 6.90. The Kier molecular flexibility index (Phi) is 9.58. The lowest BCUT2D eigenvalue weighted by molar-refractivity contribution is -0.438. The minimum Gasteiger partial charge on any atom is -0.481 e. The minimum atomic E-state index is -4.63. The molecule has 0 spiro atoms. The highest BCUT2D eigenvalue weighted by molar-refractivity contribution is 7.94. The van der Waals surface area contributed by atoms with E-state index in [-0.39, 0.29) is 24.3 Å². The highest BCUT2D eigenvalue weighted by atomic mass is 32.2. The van der Waals surface area contributed by atoms with Crippen molar-refractivity contribution >= 4 is 60.4 Å². The average Bonchev–Trinajstić information content (AvgIpc) is 3.02. The number of benzene rings is 2. The van der Waals surface area contributed by atoms with Gasteiger partial charge in [-0.05, 0) is 48.7 Å². The zero-order valence-electron chi connectivity index (χ0n) is 20.8. The van der Waals surface area contributed by atoms with Crippen molar-refractivity contribution in [1.82, 2.24) is 0 Å². The molecule has 1 aliphatic rings. The maximum Gasteiger partial charge on any atom is 0.303 e. The van der Waals surface area contributed by atoms with Crippen molar-refractivity contribution in [3.63, 3.8) is 0 Å². The Hall–Kier alpha value is -2.11. The largest absolute Gasteiger partial charge is 0.481 e. The summed E-state index contributed by atoms with van der Waals surface area (Å²) in [7, 11) is -8.79. The Bertz CT molecular complexity index is 1470. The van der Waals surface area contributed by atoms with E-state index >= 15 is 0 Å². The van der Waals surface area contributed by atoms with Gasteiger partial charge in [0.2, 0.25) is 5.69 Å². The number of carboxylic acid groups (broad SMARTS) is 1. The van der Waals surface area contributed by atoms with Crippen LogP contribution >= 0.6 is 12.0 Å². The van der Waals surface area contributed by atoms with E-state index in [0.717, 1.165) is 11.3 Å². The van der Waals surface area contributed by atoms with Gasteiger partial charge in [0.1, 0.15) is 6.54 Å². The Morgan fingerprint density at radius 2 is 1.76 bits per heavy atom. The van der Waals surface area contributed by atoms with Gasteiger partial charge in [-0.2, -0.15) is 21.4 Å². The Balaban J connectivity index is 2.18. The van der Waals surface area contributed by atoms with Crippen molar-refractivity contribution in [2.75, 3.05) is 12.3 Å². The summed E-state index contributed by atoms with van der Waals surface area (Å²) in [5.41, 5.74) is 1.66. The molecule has 0 radical (unpaired) electrons. The van der Waals surface area contributed by atoms with Gasteiger partial charge in [-0.1, -0.05) is 17.9 Å². The van der Waals surface area contributed by atoms with E-state index < -0.39 is 42.3 Å². The van der Waals surface area contributed by atoms with Crippen molar-refractivity contribution in [3.05, 3.63) is 29.8 Å². The molecule has 0 fully saturated rings. The van der Waals surface area contributed by atoms with E-state index in [1.165, 1.54) is 12.1 Å². The number of unbranched alkanes of at least 4 members (excludes halogenated alkanes) is 2. The van der Waals surface area contributed by atoms with Crippen LogP contribution in [0.15, 0.2) is 34.1 Å². The third-order valence-corrected chi connectivity index (χ3v) is 9.18. The molecule has 0 saturated carbocycles. The standard InChI is InChI=1S/C23H29NO11S3/c1-15-23(2,10-5-3-4-7-21(25)26)22-18-13-16(38(31,32)33)14-20(36-35-34-27)17(18)8-9-19(22)24(15)11-6-12-37(28,29)30/h8-9,13-14H,3-7,10-12H2,1-2H3,(H3-,25,26,27,28,29,30,31,32,33)/p+1. The molecule has 0 bridgehead atoms. The van der Waals surface area contributed by atoms with Gasteiger partial charge in [-0.25, -0.2) is 5.26 Å². The predicted molar refractivity (Wildman–Crippen MR) is 139 cm³/mol. The SMILES string of the molecule is CC1=[N+](CCCS(=O)(=O)O)c2ccc3c(SOOO)cc(S(=O)(=O)O)cc3c2C1(C)CCCCCC(=O)O. The summed E-state index contributed by atoms with van der Waals surface area (Å²) in [5, 5.41) is 22.3. The van der Waals surface area contributed by atoms with Gasteiger partial charge in [0.05, 0.1) is 28.1 Å². The number of carbonyl (C=O) groups is 1. The van der Waals surface area contributed by atoms with Crippen LogP contribution in [0.4, 0.5) is 5.69 Å². The third kappa shape index (κ3) is 6.90. The number of hydrogen-bond acceptors (Lipinski definition) is 9. The van der Waals surface area contributed by atoms with Crippen LogP contribution in [-0.2, 0) is 39.8 Å². The lowest BCUT2D eigenvalue weighted by atomic mass is 9.74. The van der Waals surface area contributed by atoms with Crippen LogP contribution in [0.25, 0.3) is 10.8 Å². The minimum absolute atomic E-state index is 0.0475. The molecular weight excluding hydrogens is 562 g/mol. The van der Waals surface area contributed by atoms with Crippen molar-refractivity contribution in [3.8, 4) is 0 Å². The second kappa shape index (κ2) is 12.0. The van der Waals surface area contributed by atoms with Gasteiger partial charge in [-0.3, -0.25) is 13.9 Å². The summed E-state index contributed by atoms with van der Waals surface area (Å²) in [4.78, 5) is 10.8. The molecule has 3 rings (SSSR count). The molecule has 2 aromatic rings. The zero-order valence-corrected chi connectivity index (χ0v) is 23.2. The van der Waals surface area contributed by atoms with Crippen LogP contribution in [0.5, 0.6) is 0 Å². The van der Waals surface area contributed by atoms with Crippen molar-refractivity contribution in [2.45, 2.75) is 67.6 Å². The summed E-state index contributed by atoms with van der Waals surface area (Å²) >= 11 is 0.553. The molecule has 1 unspecified atom stereocenters. The van der Waals surface area contributed by atoms with Crippen molar-refractivity contribution < 1.29 is 55.0 Å². The summed E-state index contributed by atoms with van der Waals surface area (Å²) in [6, 6.07) is 6.06. The molecule has 0 aliphatic carbocycles. The van der Waals surface area contributed by atoms with E-state index in [9.17, 15) is 30.7 Å². The summed E-state index contributed by atoms with van der Waals surface area (Å²) in [6.45, 7) is 4.13. The Morgan fingerprint density at radius 1 is 1.05 bits per heavy atom. The summed E-state index contributed by atoms with van der Waals surface area (Å²) < 4.78 is 72.3. The van der Waals surface area contributed by atoms with E-state index in [4.69, 9.17) is 10.4 Å². The maximum absolute atomic E-state index is 12.1. The lowest BCUT2D eigenvalue weighted by Crippen LogP contribution is -2.31. The fraction of sp³-hybridized carbons (Fsp3) is 0.478. The molecule has 2 aromatic carbocycles. The monoisotopic (exact) mass is 592 g/mol. The van der Waals surface area contributed by atoms with Gasteiger partial charge in [-0.15, -0.1) is 4.33 Å². The zero-order chi connectivity index (χ0) is 28.3. The molecule has 4 N–H and O–H groups in total. The number of hydrogen-bond donors (Lipinski definition) is 4. The van der Waals surface area contributed by atoms with E-state index in [0.29, 0.717) is 54.2 Å². The first-order chi connectivity index (χ1) is 17.7. The number of fused-ring (bicyclic) bond motifs is 3. The number of nitrogens with zero attached hydrogens (tertiary/aromatic N) is 1.